The Kier molecular flexibility index (Phi) is 2.10. The second kappa shape index (κ2) is 3.13. The predicted molar refractivity (Wildman–Crippen MR) is 48.6 cm³/mol. The molecule has 0 aliphatic rings. The first-order chi connectivity index (χ1) is 6.16. The van der Waals surface area contributed by atoms with Crippen LogP contribution in [0.15, 0.2) is 22.5 Å². The number of benzene rings is 1. The van der Waals surface area contributed by atoms with Crippen LogP contribution in [-0.4, -0.2) is 13.7 Å². The Bertz CT molecular complexity index is 482. The Hall–Kier alpha value is -0.850. The van der Waals surface area contributed by atoms with Gasteiger partial charge in [0, 0.05) is 0 Å². The van der Waals surface area contributed by atoms with Crippen molar-refractivity contribution in [3.05, 3.63) is 24.0 Å². The smallest absolute Gasteiger partial charge is 0.216 e. The van der Waals surface area contributed by atoms with Crippen LogP contribution in [0.5, 0.6) is 0 Å². The zero-order valence-electron chi connectivity index (χ0n) is 6.23. The number of halogens is 1. The summed E-state index contributed by atoms with van der Waals surface area (Å²) in [5, 5.41) is 0. The van der Waals surface area contributed by atoms with E-state index >= 15 is 0 Å². The molecule has 6 heteroatoms. The summed E-state index contributed by atoms with van der Waals surface area (Å²) in [7, 11) is 0. The Labute approximate surface area is 79.5 Å². The zero-order valence-corrected chi connectivity index (χ0v) is 7.86. The van der Waals surface area contributed by atoms with Gasteiger partial charge >= 0.3 is 0 Å². The molecule has 0 radical (unpaired) electrons. The number of hydrogen-bond donors (Lipinski definition) is 1. The van der Waals surface area contributed by atoms with Crippen LogP contribution in [0.2, 0.25) is 0 Å². The average molecular weight is 217 g/mol. The number of hydrogen-bond acceptors (Lipinski definition) is 3. The van der Waals surface area contributed by atoms with E-state index in [0.29, 0.717) is 10.2 Å². The summed E-state index contributed by atoms with van der Waals surface area (Å²) in [6.07, 6.45) is 0. The third kappa shape index (κ3) is 1.60. The summed E-state index contributed by atoms with van der Waals surface area (Å²) in [6, 6.07) is 4.05. The number of thiazole rings is 1. The van der Waals surface area contributed by atoms with Gasteiger partial charge in [-0.25, -0.2) is 13.6 Å². The second-order valence-corrected chi connectivity index (χ2v) is 4.52. The van der Waals surface area contributed by atoms with Gasteiger partial charge < -0.3 is 4.55 Å². The van der Waals surface area contributed by atoms with E-state index in [1.165, 1.54) is 18.2 Å². The first kappa shape index (κ1) is 8.74. The van der Waals surface area contributed by atoms with E-state index in [2.05, 4.69) is 4.98 Å². The molecule has 1 aromatic carbocycles. The maximum absolute atomic E-state index is 12.7. The van der Waals surface area contributed by atoms with Gasteiger partial charge in [0.25, 0.3) is 0 Å². The van der Waals surface area contributed by atoms with Crippen molar-refractivity contribution in [3.63, 3.8) is 0 Å². The molecule has 0 saturated heterocycles. The SMILES string of the molecule is O=S(O)c1nc2ccc(F)cc2s1. The van der Waals surface area contributed by atoms with Crippen LogP contribution in [0.25, 0.3) is 10.2 Å². The van der Waals surface area contributed by atoms with Crippen LogP contribution in [0.4, 0.5) is 4.39 Å². The number of aromatic nitrogens is 1. The Morgan fingerprint density at radius 2 is 2.31 bits per heavy atom. The highest BCUT2D eigenvalue weighted by Gasteiger charge is 2.08. The van der Waals surface area contributed by atoms with Crippen molar-refractivity contribution >= 4 is 32.6 Å². The molecular formula is C7H4FNO2S2. The molecule has 0 saturated carbocycles. The fraction of sp³-hybridized carbons (Fsp3) is 0. The molecule has 0 aliphatic carbocycles. The van der Waals surface area contributed by atoms with Gasteiger partial charge in [-0.05, 0) is 18.2 Å². The van der Waals surface area contributed by atoms with Crippen molar-refractivity contribution in [1.82, 2.24) is 4.98 Å². The molecule has 2 aromatic rings. The number of fused-ring (bicyclic) bond motifs is 1. The standard InChI is InChI=1S/C7H4FNO2S2/c8-4-1-2-5-6(3-4)12-7(9-5)13(10)11/h1-3H,(H,10,11). The van der Waals surface area contributed by atoms with E-state index in [1.807, 2.05) is 0 Å². The van der Waals surface area contributed by atoms with Gasteiger partial charge in [0.15, 0.2) is 0 Å². The van der Waals surface area contributed by atoms with Crippen molar-refractivity contribution in [2.24, 2.45) is 0 Å². The van der Waals surface area contributed by atoms with Gasteiger partial charge in [0.05, 0.1) is 10.2 Å². The maximum atomic E-state index is 12.7. The number of rotatable bonds is 1. The zero-order chi connectivity index (χ0) is 9.42. The molecule has 0 spiro atoms. The first-order valence-electron chi connectivity index (χ1n) is 3.34. The number of nitrogens with zero attached hydrogens (tertiary/aromatic N) is 1. The fourth-order valence-corrected chi connectivity index (χ4v) is 2.40. The molecule has 3 nitrogen and oxygen atoms in total. The first-order valence-corrected chi connectivity index (χ1v) is 5.26. The van der Waals surface area contributed by atoms with Crippen molar-refractivity contribution in [1.29, 1.82) is 0 Å². The molecular weight excluding hydrogens is 213 g/mol. The molecule has 0 bridgehead atoms. The lowest BCUT2D eigenvalue weighted by atomic mass is 10.3. The van der Waals surface area contributed by atoms with Gasteiger partial charge in [-0.15, -0.1) is 11.3 Å². The van der Waals surface area contributed by atoms with Gasteiger partial charge in [0.1, 0.15) is 5.82 Å². The van der Waals surface area contributed by atoms with E-state index in [1.54, 1.807) is 0 Å². The molecule has 0 amide bonds. The van der Waals surface area contributed by atoms with Crippen LogP contribution in [0.1, 0.15) is 0 Å². The predicted octanol–water partition coefficient (Wildman–Crippen LogP) is 2.02. The van der Waals surface area contributed by atoms with E-state index in [0.717, 1.165) is 11.3 Å². The molecule has 2 rings (SSSR count). The van der Waals surface area contributed by atoms with E-state index in [-0.39, 0.29) is 10.2 Å². The largest absolute Gasteiger partial charge is 0.300 e. The highest BCUT2D eigenvalue weighted by Crippen LogP contribution is 2.24. The Morgan fingerprint density at radius 3 is 3.00 bits per heavy atom. The van der Waals surface area contributed by atoms with Crippen LogP contribution in [0.3, 0.4) is 0 Å². The van der Waals surface area contributed by atoms with Gasteiger partial charge in [-0.2, -0.15) is 0 Å². The van der Waals surface area contributed by atoms with Gasteiger partial charge in [0.2, 0.25) is 15.4 Å². The second-order valence-electron chi connectivity index (χ2n) is 2.34. The van der Waals surface area contributed by atoms with E-state index in [9.17, 15) is 8.60 Å². The third-order valence-corrected chi connectivity index (χ3v) is 3.36. The summed E-state index contributed by atoms with van der Waals surface area (Å²) in [5.74, 6) is -0.369. The normalized spacial score (nSPS) is 13.4. The Balaban J connectivity index is 2.68. The molecule has 0 aliphatic heterocycles. The minimum atomic E-state index is -2.08. The van der Waals surface area contributed by atoms with Crippen molar-refractivity contribution in [3.8, 4) is 0 Å². The van der Waals surface area contributed by atoms with E-state index < -0.39 is 11.1 Å². The molecule has 1 atom stereocenters. The van der Waals surface area contributed by atoms with Crippen LogP contribution in [0, 0.1) is 5.82 Å². The lowest BCUT2D eigenvalue weighted by Crippen LogP contribution is -1.84. The van der Waals surface area contributed by atoms with Crippen molar-refractivity contribution in [2.45, 2.75) is 4.34 Å². The van der Waals surface area contributed by atoms with Crippen molar-refractivity contribution < 1.29 is 13.2 Å². The van der Waals surface area contributed by atoms with Crippen LogP contribution in [-0.2, 0) is 11.1 Å². The molecule has 1 N–H and O–H groups in total. The quantitative estimate of drug-likeness (QED) is 0.743. The lowest BCUT2D eigenvalue weighted by molar-refractivity contribution is 0.564. The Morgan fingerprint density at radius 1 is 1.54 bits per heavy atom. The summed E-state index contributed by atoms with van der Waals surface area (Å²) in [6.45, 7) is 0. The summed E-state index contributed by atoms with van der Waals surface area (Å²) in [5.41, 5.74) is 0.545. The summed E-state index contributed by atoms with van der Waals surface area (Å²) < 4.78 is 32.7. The molecule has 1 aromatic heterocycles. The monoisotopic (exact) mass is 217 g/mol. The van der Waals surface area contributed by atoms with Gasteiger partial charge in [-0.1, -0.05) is 0 Å². The topological polar surface area (TPSA) is 50.2 Å². The highest BCUT2D eigenvalue weighted by molar-refractivity contribution is 7.81. The average Bonchev–Trinajstić information content (AvgIpc) is 2.46. The van der Waals surface area contributed by atoms with Crippen LogP contribution < -0.4 is 0 Å². The molecule has 68 valence electrons. The molecule has 1 heterocycles. The van der Waals surface area contributed by atoms with Crippen molar-refractivity contribution in [2.75, 3.05) is 0 Å². The minimum Gasteiger partial charge on any atom is -0.300 e. The minimum absolute atomic E-state index is 0.0978. The summed E-state index contributed by atoms with van der Waals surface area (Å²) >= 11 is -1.06. The maximum Gasteiger partial charge on any atom is 0.216 e. The molecule has 1 unspecified atom stereocenters. The molecule has 0 fully saturated rings. The van der Waals surface area contributed by atoms with E-state index in [4.69, 9.17) is 4.55 Å². The van der Waals surface area contributed by atoms with Crippen LogP contribution >= 0.6 is 11.3 Å². The highest BCUT2D eigenvalue weighted by atomic mass is 32.2. The fourth-order valence-electron chi connectivity index (χ4n) is 0.952. The summed E-state index contributed by atoms with van der Waals surface area (Å²) in [4.78, 5) is 3.86. The molecule has 13 heavy (non-hydrogen) atoms. The lowest BCUT2D eigenvalue weighted by Gasteiger charge is -1.85. The van der Waals surface area contributed by atoms with Gasteiger partial charge in [-0.3, -0.25) is 0 Å². The third-order valence-electron chi connectivity index (χ3n) is 1.48.